The van der Waals surface area contributed by atoms with Crippen LogP contribution in [0.1, 0.15) is 29.6 Å². The molecule has 1 atom stereocenters. The van der Waals surface area contributed by atoms with E-state index in [1.165, 1.54) is 16.9 Å². The molecule has 0 aromatic carbocycles. The number of aromatic nitrogens is 2. The van der Waals surface area contributed by atoms with Gasteiger partial charge in [-0.25, -0.2) is 4.98 Å². The second-order valence-electron chi connectivity index (χ2n) is 5.78. The molecular weight excluding hydrogens is 258 g/mol. The van der Waals surface area contributed by atoms with Crippen molar-refractivity contribution in [2.45, 2.75) is 32.7 Å². The van der Waals surface area contributed by atoms with Crippen molar-refractivity contribution in [3.63, 3.8) is 0 Å². The summed E-state index contributed by atoms with van der Waals surface area (Å²) in [5.74, 6) is 1.48. The van der Waals surface area contributed by atoms with E-state index in [1.54, 1.807) is 11.3 Å². The number of rotatable bonds is 2. The highest BCUT2D eigenvalue weighted by Gasteiger charge is 2.22. The van der Waals surface area contributed by atoms with Crippen LogP contribution in [0.3, 0.4) is 0 Å². The maximum atomic E-state index is 12.3. The predicted octanol–water partition coefficient (Wildman–Crippen LogP) is 2.17. The van der Waals surface area contributed by atoms with Gasteiger partial charge in [-0.3, -0.25) is 4.79 Å². The van der Waals surface area contributed by atoms with E-state index in [0.29, 0.717) is 6.54 Å². The van der Waals surface area contributed by atoms with E-state index in [0.717, 1.165) is 34.8 Å². The Kier molecular flexibility index (Phi) is 3.19. The molecule has 5 heteroatoms. The minimum atomic E-state index is 0.0360. The number of nitrogens with zero attached hydrogens (tertiary/aromatic N) is 2. The Bertz CT molecular complexity index is 671. The molecule has 102 valence electrons. The summed E-state index contributed by atoms with van der Waals surface area (Å²) < 4.78 is 0. The maximum absolute atomic E-state index is 12.3. The van der Waals surface area contributed by atoms with Crippen LogP contribution in [0, 0.1) is 5.92 Å². The lowest BCUT2D eigenvalue weighted by Gasteiger charge is -2.17. The van der Waals surface area contributed by atoms with E-state index >= 15 is 0 Å². The molecule has 2 aromatic heterocycles. The molecule has 0 spiro atoms. The number of aromatic amines is 1. The smallest absolute Gasteiger partial charge is 0.259 e. The highest BCUT2D eigenvalue weighted by Crippen LogP contribution is 2.35. The Morgan fingerprint density at radius 2 is 2.26 bits per heavy atom. The van der Waals surface area contributed by atoms with Crippen molar-refractivity contribution < 1.29 is 0 Å². The van der Waals surface area contributed by atoms with Crippen LogP contribution in [-0.4, -0.2) is 29.0 Å². The van der Waals surface area contributed by atoms with E-state index in [2.05, 4.69) is 16.9 Å². The van der Waals surface area contributed by atoms with Crippen molar-refractivity contribution in [2.24, 2.45) is 5.92 Å². The molecule has 1 aliphatic carbocycles. The summed E-state index contributed by atoms with van der Waals surface area (Å²) in [5, 5.41) is 0.842. The van der Waals surface area contributed by atoms with Crippen LogP contribution < -0.4 is 5.56 Å². The first kappa shape index (κ1) is 12.8. The van der Waals surface area contributed by atoms with Gasteiger partial charge in [-0.1, -0.05) is 6.92 Å². The summed E-state index contributed by atoms with van der Waals surface area (Å²) in [6.45, 7) is 2.95. The Balaban J connectivity index is 2.14. The summed E-state index contributed by atoms with van der Waals surface area (Å²) in [6, 6.07) is 0. The largest absolute Gasteiger partial charge is 0.309 e. The molecule has 0 unspecified atom stereocenters. The fourth-order valence-corrected chi connectivity index (χ4v) is 4.17. The number of hydrogen-bond donors (Lipinski definition) is 1. The average molecular weight is 277 g/mol. The first-order chi connectivity index (χ1) is 9.04. The van der Waals surface area contributed by atoms with Gasteiger partial charge in [0.05, 0.1) is 11.9 Å². The fraction of sp³-hybridized carbons (Fsp3) is 0.571. The second kappa shape index (κ2) is 4.72. The molecular formula is C14H19N3OS. The Labute approximate surface area is 116 Å². The minimum Gasteiger partial charge on any atom is -0.309 e. The molecule has 19 heavy (non-hydrogen) atoms. The van der Waals surface area contributed by atoms with Gasteiger partial charge in [0.2, 0.25) is 0 Å². The molecule has 0 fully saturated rings. The van der Waals surface area contributed by atoms with Crippen LogP contribution in [0.2, 0.25) is 0 Å². The molecule has 2 aromatic rings. The lowest BCUT2D eigenvalue weighted by Crippen LogP contribution is -2.19. The summed E-state index contributed by atoms with van der Waals surface area (Å²) in [7, 11) is 3.95. The van der Waals surface area contributed by atoms with Crippen LogP contribution in [-0.2, 0) is 19.4 Å². The fourth-order valence-electron chi connectivity index (χ4n) is 2.77. The highest BCUT2D eigenvalue weighted by atomic mass is 32.1. The van der Waals surface area contributed by atoms with Gasteiger partial charge in [0, 0.05) is 4.88 Å². The molecule has 0 radical (unpaired) electrons. The quantitative estimate of drug-likeness (QED) is 0.915. The lowest BCUT2D eigenvalue weighted by atomic mass is 9.89. The third-order valence-electron chi connectivity index (χ3n) is 3.68. The number of aryl methyl sites for hydroxylation is 1. The van der Waals surface area contributed by atoms with Crippen LogP contribution in [0.25, 0.3) is 10.2 Å². The van der Waals surface area contributed by atoms with Crippen molar-refractivity contribution in [3.05, 3.63) is 26.6 Å². The Morgan fingerprint density at radius 1 is 1.47 bits per heavy atom. The zero-order valence-corrected chi connectivity index (χ0v) is 12.4. The standard InChI is InChI=1S/C14H19N3OS/c1-8-4-5-9-10(6-8)19-14-12(9)13(18)15-11(16-14)7-17(2)3/h8H,4-7H2,1-3H3,(H,15,16,18)/t8-/m0/s1. The third-order valence-corrected chi connectivity index (χ3v) is 4.83. The summed E-state index contributed by atoms with van der Waals surface area (Å²) in [4.78, 5) is 24.1. The molecule has 0 amide bonds. The van der Waals surface area contributed by atoms with Crippen molar-refractivity contribution in [1.82, 2.24) is 14.9 Å². The zero-order valence-electron chi connectivity index (χ0n) is 11.6. The lowest BCUT2D eigenvalue weighted by molar-refractivity contribution is 0.390. The predicted molar refractivity (Wildman–Crippen MR) is 78.8 cm³/mol. The molecule has 2 heterocycles. The van der Waals surface area contributed by atoms with E-state index in [1.807, 2.05) is 19.0 Å². The van der Waals surface area contributed by atoms with Crippen LogP contribution in [0.4, 0.5) is 0 Å². The number of fused-ring (bicyclic) bond motifs is 3. The summed E-state index contributed by atoms with van der Waals surface area (Å²) >= 11 is 1.71. The van der Waals surface area contributed by atoms with Gasteiger partial charge < -0.3 is 9.88 Å². The first-order valence-corrected chi connectivity index (χ1v) is 7.54. The van der Waals surface area contributed by atoms with Gasteiger partial charge in [0.25, 0.3) is 5.56 Å². The van der Waals surface area contributed by atoms with Gasteiger partial charge >= 0.3 is 0 Å². The van der Waals surface area contributed by atoms with Crippen molar-refractivity contribution in [3.8, 4) is 0 Å². The summed E-state index contributed by atoms with van der Waals surface area (Å²) in [5.41, 5.74) is 1.29. The van der Waals surface area contributed by atoms with Gasteiger partial charge in [-0.05, 0) is 44.8 Å². The van der Waals surface area contributed by atoms with E-state index < -0.39 is 0 Å². The normalized spacial score (nSPS) is 19.1. The van der Waals surface area contributed by atoms with Gasteiger partial charge in [-0.15, -0.1) is 11.3 Å². The molecule has 4 nitrogen and oxygen atoms in total. The Morgan fingerprint density at radius 3 is 3.00 bits per heavy atom. The first-order valence-electron chi connectivity index (χ1n) is 6.72. The topological polar surface area (TPSA) is 49.0 Å². The Hall–Kier alpha value is -1.20. The molecule has 0 bridgehead atoms. The van der Waals surface area contributed by atoms with E-state index in [-0.39, 0.29) is 5.56 Å². The number of nitrogens with one attached hydrogen (secondary N) is 1. The maximum Gasteiger partial charge on any atom is 0.259 e. The average Bonchev–Trinajstić information content (AvgIpc) is 2.65. The van der Waals surface area contributed by atoms with Crippen LogP contribution in [0.15, 0.2) is 4.79 Å². The molecule has 0 aliphatic heterocycles. The van der Waals surface area contributed by atoms with Gasteiger partial charge in [-0.2, -0.15) is 0 Å². The minimum absolute atomic E-state index is 0.0360. The van der Waals surface area contributed by atoms with Crippen molar-refractivity contribution in [2.75, 3.05) is 14.1 Å². The third kappa shape index (κ3) is 2.32. The molecule has 3 rings (SSSR count). The molecule has 1 aliphatic rings. The second-order valence-corrected chi connectivity index (χ2v) is 6.87. The van der Waals surface area contributed by atoms with Gasteiger partial charge in [0.15, 0.2) is 0 Å². The van der Waals surface area contributed by atoms with Crippen LogP contribution in [0.5, 0.6) is 0 Å². The summed E-state index contributed by atoms with van der Waals surface area (Å²) in [6.07, 6.45) is 3.30. The van der Waals surface area contributed by atoms with Gasteiger partial charge in [0.1, 0.15) is 10.7 Å². The number of thiophene rings is 1. The molecule has 0 saturated heterocycles. The number of H-pyrrole nitrogens is 1. The zero-order chi connectivity index (χ0) is 13.6. The molecule has 1 N–H and O–H groups in total. The molecule has 0 saturated carbocycles. The SMILES string of the molecule is C[C@H]1CCc2c(sc3nc(CN(C)C)[nH]c(=O)c23)C1. The van der Waals surface area contributed by atoms with E-state index in [4.69, 9.17) is 0 Å². The van der Waals surface area contributed by atoms with Crippen LogP contribution >= 0.6 is 11.3 Å². The monoisotopic (exact) mass is 277 g/mol. The highest BCUT2D eigenvalue weighted by molar-refractivity contribution is 7.18. The van der Waals surface area contributed by atoms with Crippen molar-refractivity contribution >= 4 is 21.6 Å². The van der Waals surface area contributed by atoms with E-state index in [9.17, 15) is 4.79 Å². The number of hydrogen-bond acceptors (Lipinski definition) is 4. The van der Waals surface area contributed by atoms with Crippen molar-refractivity contribution in [1.29, 1.82) is 0 Å².